The van der Waals surface area contributed by atoms with Crippen LogP contribution in [0.4, 0.5) is 28.1 Å². The second kappa shape index (κ2) is 8.66. The van der Waals surface area contributed by atoms with Crippen molar-refractivity contribution in [3.8, 4) is 0 Å². The first kappa shape index (κ1) is 21.3. The number of aromatic nitrogens is 3. The lowest BCUT2D eigenvalue weighted by atomic mass is 10.1. The molecule has 2 aromatic heterocycles. The molecule has 3 aromatic rings. The van der Waals surface area contributed by atoms with Crippen molar-refractivity contribution in [3.05, 3.63) is 45.7 Å². The number of thiazole rings is 1. The minimum atomic E-state index is -0.300. The maximum Gasteiger partial charge on any atom is 0.267 e. The van der Waals surface area contributed by atoms with Crippen molar-refractivity contribution in [2.45, 2.75) is 26.3 Å². The van der Waals surface area contributed by atoms with Gasteiger partial charge in [0, 0.05) is 30.9 Å². The molecule has 1 aromatic carbocycles. The first-order valence-electron chi connectivity index (χ1n) is 9.74. The molecule has 3 heterocycles. The molecule has 0 radical (unpaired) electrons. The summed E-state index contributed by atoms with van der Waals surface area (Å²) >= 11 is 7.44. The Labute approximate surface area is 188 Å². The van der Waals surface area contributed by atoms with Crippen LogP contribution in [0.5, 0.6) is 0 Å². The van der Waals surface area contributed by atoms with E-state index in [1.54, 1.807) is 12.1 Å². The molecule has 0 bridgehead atoms. The molecular formula is C20H23ClN8OS. The highest BCUT2D eigenvalue weighted by Crippen LogP contribution is 2.30. The Balaban J connectivity index is 1.48. The number of nitrogens with one attached hydrogen (secondary N) is 2. The third kappa shape index (κ3) is 4.87. The van der Waals surface area contributed by atoms with Gasteiger partial charge in [-0.2, -0.15) is 0 Å². The number of rotatable bonds is 5. The van der Waals surface area contributed by atoms with E-state index in [1.165, 1.54) is 17.5 Å². The number of amides is 1. The van der Waals surface area contributed by atoms with Crippen LogP contribution in [0.3, 0.4) is 0 Å². The maximum atomic E-state index is 12.7. The Hall–Kier alpha value is -2.95. The predicted octanol–water partition coefficient (Wildman–Crippen LogP) is 3.32. The summed E-state index contributed by atoms with van der Waals surface area (Å²) < 4.78 is 0. The van der Waals surface area contributed by atoms with Crippen molar-refractivity contribution in [1.82, 2.24) is 15.0 Å². The molecule has 1 fully saturated rings. The number of nitrogens with two attached hydrogens (primary N) is 2. The average molecular weight is 459 g/mol. The second-order valence-electron chi connectivity index (χ2n) is 7.46. The first-order chi connectivity index (χ1) is 14.8. The molecule has 1 unspecified atom stereocenters. The fourth-order valence-electron chi connectivity index (χ4n) is 3.42. The fraction of sp³-hybridized carbons (Fsp3) is 0.300. The number of benzene rings is 1. The lowest BCUT2D eigenvalue weighted by Gasteiger charge is -2.18. The van der Waals surface area contributed by atoms with Crippen LogP contribution < -0.4 is 27.0 Å². The van der Waals surface area contributed by atoms with Crippen LogP contribution >= 0.6 is 22.9 Å². The number of nitrogen functional groups attached to an aromatic ring is 1. The summed E-state index contributed by atoms with van der Waals surface area (Å²) in [7, 11) is 0. The van der Waals surface area contributed by atoms with E-state index in [9.17, 15) is 4.79 Å². The van der Waals surface area contributed by atoms with Gasteiger partial charge in [-0.25, -0.2) is 15.0 Å². The number of carbonyl (C=O) groups is 1. The zero-order chi connectivity index (χ0) is 22.1. The molecule has 1 atom stereocenters. The summed E-state index contributed by atoms with van der Waals surface area (Å²) in [6.07, 6.45) is 2.45. The van der Waals surface area contributed by atoms with E-state index >= 15 is 0 Å². The van der Waals surface area contributed by atoms with Crippen molar-refractivity contribution in [2.24, 2.45) is 5.73 Å². The number of hydrogen-bond acceptors (Lipinski definition) is 9. The molecule has 0 saturated carbocycles. The van der Waals surface area contributed by atoms with Crippen LogP contribution in [0.1, 0.15) is 27.5 Å². The summed E-state index contributed by atoms with van der Waals surface area (Å²) in [4.78, 5) is 28.5. The molecule has 0 spiro atoms. The van der Waals surface area contributed by atoms with Crippen molar-refractivity contribution in [1.29, 1.82) is 0 Å². The van der Waals surface area contributed by atoms with Gasteiger partial charge in [0.1, 0.15) is 22.3 Å². The molecule has 1 amide bonds. The minimum absolute atomic E-state index is 0.157. The fourth-order valence-corrected chi connectivity index (χ4v) is 4.46. The number of anilines is 5. The summed E-state index contributed by atoms with van der Waals surface area (Å²) in [5, 5.41) is 6.93. The van der Waals surface area contributed by atoms with Gasteiger partial charge >= 0.3 is 0 Å². The zero-order valence-electron chi connectivity index (χ0n) is 17.1. The molecular weight excluding hydrogens is 436 g/mol. The third-order valence-corrected chi connectivity index (χ3v) is 6.10. The monoisotopic (exact) mass is 458 g/mol. The average Bonchev–Trinajstić information content (AvgIpc) is 3.33. The van der Waals surface area contributed by atoms with Gasteiger partial charge in [0.15, 0.2) is 5.13 Å². The first-order valence-corrected chi connectivity index (χ1v) is 10.9. The Morgan fingerprint density at radius 3 is 2.81 bits per heavy atom. The number of carbonyl (C=O) groups excluding carboxylic acids is 1. The largest absolute Gasteiger partial charge is 0.399 e. The SMILES string of the molecule is Cc1nc(Nc2ncc(C(=O)Nc3c(C)cc(N)cc3Cl)s2)cc(N2CCC(N)C2)n1. The molecule has 11 heteroatoms. The molecule has 31 heavy (non-hydrogen) atoms. The molecule has 0 aliphatic carbocycles. The minimum Gasteiger partial charge on any atom is -0.399 e. The zero-order valence-corrected chi connectivity index (χ0v) is 18.7. The van der Waals surface area contributed by atoms with E-state index in [4.69, 9.17) is 23.1 Å². The number of halogens is 1. The van der Waals surface area contributed by atoms with Crippen LogP contribution in [-0.2, 0) is 0 Å². The number of aryl methyl sites for hydroxylation is 2. The quantitative estimate of drug-likeness (QED) is 0.427. The van der Waals surface area contributed by atoms with Crippen molar-refractivity contribution in [3.63, 3.8) is 0 Å². The van der Waals surface area contributed by atoms with Crippen LogP contribution in [-0.4, -0.2) is 40.0 Å². The smallest absolute Gasteiger partial charge is 0.267 e. The van der Waals surface area contributed by atoms with Crippen molar-refractivity contribution < 1.29 is 4.79 Å². The number of nitrogens with zero attached hydrogens (tertiary/aromatic N) is 4. The van der Waals surface area contributed by atoms with E-state index < -0.39 is 0 Å². The third-order valence-electron chi connectivity index (χ3n) is 4.89. The van der Waals surface area contributed by atoms with Gasteiger partial charge in [-0.1, -0.05) is 22.9 Å². The van der Waals surface area contributed by atoms with Gasteiger partial charge in [-0.15, -0.1) is 0 Å². The van der Waals surface area contributed by atoms with Gasteiger partial charge in [0.2, 0.25) is 0 Å². The topological polar surface area (TPSA) is 135 Å². The maximum absolute atomic E-state index is 12.7. The Morgan fingerprint density at radius 2 is 2.10 bits per heavy atom. The Morgan fingerprint density at radius 1 is 1.29 bits per heavy atom. The van der Waals surface area contributed by atoms with Gasteiger partial charge in [0.25, 0.3) is 5.91 Å². The molecule has 162 valence electrons. The van der Waals surface area contributed by atoms with Crippen LogP contribution in [0.25, 0.3) is 0 Å². The van der Waals surface area contributed by atoms with E-state index in [0.29, 0.717) is 38.0 Å². The van der Waals surface area contributed by atoms with Gasteiger partial charge in [-0.3, -0.25) is 4.79 Å². The lowest BCUT2D eigenvalue weighted by Crippen LogP contribution is -2.27. The second-order valence-corrected chi connectivity index (χ2v) is 8.89. The van der Waals surface area contributed by atoms with Gasteiger partial charge in [0.05, 0.1) is 16.9 Å². The summed E-state index contributed by atoms with van der Waals surface area (Å²) in [5.41, 5.74) is 13.7. The summed E-state index contributed by atoms with van der Waals surface area (Å²) in [6.45, 7) is 5.31. The Kier molecular flexibility index (Phi) is 5.94. The Bertz CT molecular complexity index is 1110. The standard InChI is InChI=1S/C20H23ClN8OS/c1-10-5-13(23)6-14(21)18(10)28-19(30)15-8-24-20(31-15)27-16-7-17(26-11(2)25-16)29-4-3-12(22)9-29/h5-8,12H,3-4,9,22-23H2,1-2H3,(H,28,30)(H,24,25,26,27). The van der Waals surface area contributed by atoms with Crippen LogP contribution in [0, 0.1) is 13.8 Å². The van der Waals surface area contributed by atoms with E-state index in [2.05, 4.69) is 30.5 Å². The van der Waals surface area contributed by atoms with E-state index in [1.807, 2.05) is 19.9 Å². The van der Waals surface area contributed by atoms with Crippen molar-refractivity contribution >= 4 is 57.0 Å². The summed E-state index contributed by atoms with van der Waals surface area (Å²) in [6, 6.07) is 5.38. The van der Waals surface area contributed by atoms with Crippen LogP contribution in [0.2, 0.25) is 5.02 Å². The molecule has 1 aliphatic rings. The molecule has 9 nitrogen and oxygen atoms in total. The molecule has 1 aliphatic heterocycles. The van der Waals surface area contributed by atoms with E-state index in [-0.39, 0.29) is 11.9 Å². The van der Waals surface area contributed by atoms with Crippen molar-refractivity contribution in [2.75, 3.05) is 34.4 Å². The van der Waals surface area contributed by atoms with Crippen LogP contribution in [0.15, 0.2) is 24.4 Å². The van der Waals surface area contributed by atoms with Gasteiger partial charge < -0.3 is 27.0 Å². The lowest BCUT2D eigenvalue weighted by molar-refractivity contribution is 0.103. The normalized spacial score (nSPS) is 15.9. The highest BCUT2D eigenvalue weighted by atomic mass is 35.5. The molecule has 4 rings (SSSR count). The summed E-state index contributed by atoms with van der Waals surface area (Å²) in [5.74, 6) is 1.78. The highest BCUT2D eigenvalue weighted by Gasteiger charge is 2.21. The predicted molar refractivity (Wildman–Crippen MR) is 126 cm³/mol. The number of hydrogen-bond donors (Lipinski definition) is 4. The molecule has 1 saturated heterocycles. The van der Waals surface area contributed by atoms with E-state index in [0.717, 1.165) is 30.9 Å². The highest BCUT2D eigenvalue weighted by molar-refractivity contribution is 7.17. The molecule has 6 N–H and O–H groups in total. The van der Waals surface area contributed by atoms with Gasteiger partial charge in [-0.05, 0) is 38.0 Å².